The summed E-state index contributed by atoms with van der Waals surface area (Å²) in [6.45, 7) is 3.43. The first-order valence-corrected chi connectivity index (χ1v) is 6.27. The molecule has 1 saturated heterocycles. The smallest absolute Gasteiger partial charge is 0.339 e. The number of H-pyrrole nitrogens is 1. The molecule has 1 aliphatic heterocycles. The van der Waals surface area contributed by atoms with Gasteiger partial charge in [0.15, 0.2) is 0 Å². The van der Waals surface area contributed by atoms with Crippen molar-refractivity contribution in [2.24, 2.45) is 0 Å². The van der Waals surface area contributed by atoms with Crippen LogP contribution in [0.25, 0.3) is 0 Å². The largest absolute Gasteiger partial charge is 0.462 e. The van der Waals surface area contributed by atoms with Gasteiger partial charge in [-0.2, -0.15) is 5.26 Å². The van der Waals surface area contributed by atoms with Crippen LogP contribution in [0.3, 0.4) is 0 Å². The summed E-state index contributed by atoms with van der Waals surface area (Å²) in [7, 11) is 0. The van der Waals surface area contributed by atoms with E-state index in [4.69, 9.17) is 4.74 Å². The number of carbonyl (C=O) groups is 1. The number of aromatic nitrogens is 1. The highest BCUT2D eigenvalue weighted by molar-refractivity contribution is 5.93. The fourth-order valence-corrected chi connectivity index (χ4v) is 2.21. The third-order valence-corrected chi connectivity index (χ3v) is 3.05. The topological polar surface area (TPSA) is 86.2 Å². The van der Waals surface area contributed by atoms with E-state index in [1.54, 1.807) is 6.92 Å². The second kappa shape index (κ2) is 5.57. The van der Waals surface area contributed by atoms with E-state index in [2.05, 4.69) is 4.98 Å². The van der Waals surface area contributed by atoms with Gasteiger partial charge in [-0.05, 0) is 19.8 Å². The van der Waals surface area contributed by atoms with Crippen molar-refractivity contribution >= 4 is 11.8 Å². The molecule has 0 amide bonds. The van der Waals surface area contributed by atoms with Gasteiger partial charge in [0, 0.05) is 19.2 Å². The first-order valence-electron chi connectivity index (χ1n) is 6.27. The van der Waals surface area contributed by atoms with Gasteiger partial charge in [0.25, 0.3) is 0 Å². The fraction of sp³-hybridized carbons (Fsp3) is 0.462. The number of nitriles is 1. The predicted molar refractivity (Wildman–Crippen MR) is 69.2 cm³/mol. The van der Waals surface area contributed by atoms with Crippen molar-refractivity contribution < 1.29 is 9.53 Å². The van der Waals surface area contributed by atoms with E-state index in [-0.39, 0.29) is 17.7 Å². The third-order valence-electron chi connectivity index (χ3n) is 3.05. The first kappa shape index (κ1) is 13.1. The van der Waals surface area contributed by atoms with Crippen molar-refractivity contribution in [3.05, 3.63) is 27.5 Å². The summed E-state index contributed by atoms with van der Waals surface area (Å²) in [4.78, 5) is 28.0. The zero-order valence-electron chi connectivity index (χ0n) is 10.7. The third kappa shape index (κ3) is 2.60. The summed E-state index contributed by atoms with van der Waals surface area (Å²) in [5, 5.41) is 9.26. The normalized spacial score (nSPS) is 14.2. The lowest BCUT2D eigenvalue weighted by Crippen LogP contribution is -2.25. The van der Waals surface area contributed by atoms with Crippen molar-refractivity contribution in [3.8, 4) is 6.07 Å². The van der Waals surface area contributed by atoms with Gasteiger partial charge in [0.05, 0.1) is 12.2 Å². The van der Waals surface area contributed by atoms with Crippen molar-refractivity contribution in [2.45, 2.75) is 19.8 Å². The number of rotatable bonds is 3. The van der Waals surface area contributed by atoms with Gasteiger partial charge in [0.1, 0.15) is 17.5 Å². The molecule has 6 nitrogen and oxygen atoms in total. The van der Waals surface area contributed by atoms with Crippen LogP contribution in [0.5, 0.6) is 0 Å². The Labute approximate surface area is 110 Å². The van der Waals surface area contributed by atoms with Crippen LogP contribution in [0.1, 0.15) is 35.7 Å². The summed E-state index contributed by atoms with van der Waals surface area (Å²) in [6, 6.07) is 3.12. The Hall–Kier alpha value is -2.29. The summed E-state index contributed by atoms with van der Waals surface area (Å²) >= 11 is 0. The molecule has 0 saturated carbocycles. The van der Waals surface area contributed by atoms with Gasteiger partial charge in [-0.15, -0.1) is 0 Å². The molecule has 1 aromatic rings. The minimum Gasteiger partial charge on any atom is -0.462 e. The number of nitrogens with zero attached hydrogens (tertiary/aromatic N) is 2. The Balaban J connectivity index is 2.52. The molecule has 0 radical (unpaired) electrons. The van der Waals surface area contributed by atoms with E-state index in [0.29, 0.717) is 5.82 Å². The van der Waals surface area contributed by atoms with E-state index in [1.165, 1.54) is 0 Å². The number of aromatic amines is 1. The Kier molecular flexibility index (Phi) is 3.85. The van der Waals surface area contributed by atoms with Gasteiger partial charge in [-0.1, -0.05) is 0 Å². The number of ether oxygens (including phenoxy) is 1. The Morgan fingerprint density at radius 3 is 2.79 bits per heavy atom. The number of anilines is 1. The number of pyridine rings is 1. The molecule has 1 fully saturated rings. The molecule has 1 N–H and O–H groups in total. The Morgan fingerprint density at radius 1 is 1.53 bits per heavy atom. The van der Waals surface area contributed by atoms with Crippen molar-refractivity contribution in [1.82, 2.24) is 4.98 Å². The molecule has 2 rings (SSSR count). The number of carbonyl (C=O) groups excluding carboxylic acids is 1. The number of hydrogen-bond acceptors (Lipinski definition) is 5. The predicted octanol–water partition coefficient (Wildman–Crippen LogP) is 1.02. The lowest BCUT2D eigenvalue weighted by Gasteiger charge is -2.19. The number of nitrogens with one attached hydrogen (secondary N) is 1. The van der Waals surface area contributed by atoms with Crippen LogP contribution in [0.15, 0.2) is 10.9 Å². The van der Waals surface area contributed by atoms with E-state index in [9.17, 15) is 14.9 Å². The molecule has 1 aromatic heterocycles. The van der Waals surface area contributed by atoms with Crippen LogP contribution >= 0.6 is 0 Å². The fourth-order valence-electron chi connectivity index (χ4n) is 2.21. The maximum atomic E-state index is 11.8. The van der Waals surface area contributed by atoms with E-state index >= 15 is 0 Å². The molecule has 6 heteroatoms. The molecule has 1 aliphatic rings. The summed E-state index contributed by atoms with van der Waals surface area (Å²) < 4.78 is 4.88. The van der Waals surface area contributed by atoms with Crippen LogP contribution in [0.2, 0.25) is 0 Å². The van der Waals surface area contributed by atoms with Crippen molar-refractivity contribution in [1.29, 1.82) is 5.26 Å². The first-order chi connectivity index (χ1) is 9.17. The van der Waals surface area contributed by atoms with Crippen LogP contribution < -0.4 is 10.5 Å². The van der Waals surface area contributed by atoms with Gasteiger partial charge >= 0.3 is 5.97 Å². The maximum absolute atomic E-state index is 11.8. The maximum Gasteiger partial charge on any atom is 0.339 e. The quantitative estimate of drug-likeness (QED) is 0.821. The molecule has 0 spiro atoms. The zero-order chi connectivity index (χ0) is 13.8. The molecular formula is C13H15N3O3. The molecule has 2 heterocycles. The van der Waals surface area contributed by atoms with Crippen LogP contribution in [-0.2, 0) is 4.74 Å². The summed E-state index contributed by atoms with van der Waals surface area (Å²) in [5.41, 5.74) is -0.182. The Morgan fingerprint density at radius 2 is 2.21 bits per heavy atom. The standard InChI is InChI=1S/C13H15N3O3/c1-2-19-13(18)9-7-11(17)15-12(10(9)8-14)16-5-3-4-6-16/h7H,2-6H2,1H3,(H,15,17). The highest BCUT2D eigenvalue weighted by Crippen LogP contribution is 2.23. The molecule has 0 unspecified atom stereocenters. The lowest BCUT2D eigenvalue weighted by molar-refractivity contribution is 0.0525. The minimum atomic E-state index is -0.634. The zero-order valence-corrected chi connectivity index (χ0v) is 10.7. The molecule has 100 valence electrons. The summed E-state index contributed by atoms with van der Waals surface area (Å²) in [5.74, 6) is -0.207. The highest BCUT2D eigenvalue weighted by atomic mass is 16.5. The molecule has 0 bridgehead atoms. The van der Waals surface area contributed by atoms with Crippen molar-refractivity contribution in [2.75, 3.05) is 24.6 Å². The van der Waals surface area contributed by atoms with Gasteiger partial charge < -0.3 is 14.6 Å². The van der Waals surface area contributed by atoms with E-state index < -0.39 is 11.5 Å². The number of esters is 1. The van der Waals surface area contributed by atoms with Gasteiger partial charge in [-0.25, -0.2) is 4.79 Å². The minimum absolute atomic E-state index is 0.0370. The van der Waals surface area contributed by atoms with Crippen LogP contribution in [0, 0.1) is 11.3 Å². The second-order valence-electron chi connectivity index (χ2n) is 4.30. The SMILES string of the molecule is CCOC(=O)c1cc(=O)[nH]c(N2CCCC2)c1C#N. The van der Waals surface area contributed by atoms with E-state index in [0.717, 1.165) is 32.0 Å². The monoisotopic (exact) mass is 261 g/mol. The van der Waals surface area contributed by atoms with Crippen LogP contribution in [-0.4, -0.2) is 30.6 Å². The average molecular weight is 261 g/mol. The molecule has 0 aliphatic carbocycles. The van der Waals surface area contributed by atoms with Gasteiger partial charge in [-0.3, -0.25) is 4.79 Å². The van der Waals surface area contributed by atoms with Gasteiger partial charge in [0.2, 0.25) is 5.56 Å². The molecule has 0 atom stereocenters. The highest BCUT2D eigenvalue weighted by Gasteiger charge is 2.23. The summed E-state index contributed by atoms with van der Waals surface area (Å²) in [6.07, 6.45) is 2.02. The average Bonchev–Trinajstić information content (AvgIpc) is 2.91. The van der Waals surface area contributed by atoms with Crippen LogP contribution in [0.4, 0.5) is 5.82 Å². The van der Waals surface area contributed by atoms with Crippen molar-refractivity contribution in [3.63, 3.8) is 0 Å². The molecule has 0 aromatic carbocycles. The molecule has 19 heavy (non-hydrogen) atoms. The molecular weight excluding hydrogens is 246 g/mol. The van der Waals surface area contributed by atoms with E-state index in [1.807, 2.05) is 11.0 Å². The lowest BCUT2D eigenvalue weighted by atomic mass is 10.1. The second-order valence-corrected chi connectivity index (χ2v) is 4.30. The Bertz CT molecular complexity index is 580. The number of hydrogen-bond donors (Lipinski definition) is 1.